The van der Waals surface area contributed by atoms with Crippen LogP contribution in [-0.4, -0.2) is 43.7 Å². The Morgan fingerprint density at radius 3 is 2.25 bits per heavy atom. The van der Waals surface area contributed by atoms with Gasteiger partial charge in [-0.15, -0.1) is 0 Å². The maximum Gasteiger partial charge on any atom is 0.341 e. The van der Waals surface area contributed by atoms with Gasteiger partial charge in [-0.25, -0.2) is 8.42 Å². The van der Waals surface area contributed by atoms with E-state index in [4.69, 9.17) is 5.11 Å². The highest BCUT2D eigenvalue weighted by molar-refractivity contribution is 7.91. The molecule has 0 aliphatic heterocycles. The highest BCUT2D eigenvalue weighted by atomic mass is 32.2. The highest BCUT2D eigenvalue weighted by Crippen LogP contribution is 2.20. The quantitative estimate of drug-likeness (QED) is 0.612. The highest BCUT2D eigenvalue weighted by Gasteiger charge is 2.26. The lowest BCUT2D eigenvalue weighted by molar-refractivity contribution is -0.139. The Kier molecular flexibility index (Phi) is 7.23. The molecule has 0 bridgehead atoms. The number of sulfone groups is 1. The summed E-state index contributed by atoms with van der Waals surface area (Å²) in [6.45, 7) is 1.56. The summed E-state index contributed by atoms with van der Waals surface area (Å²) in [5.74, 6) is -5.12. The Hall–Kier alpha value is -2.07. The van der Waals surface area contributed by atoms with Gasteiger partial charge in [0, 0.05) is 5.69 Å². The molecule has 0 aliphatic rings. The number of benzene rings is 1. The van der Waals surface area contributed by atoms with Crippen LogP contribution in [0.2, 0.25) is 0 Å². The van der Waals surface area contributed by atoms with Gasteiger partial charge >= 0.3 is 11.7 Å². The third kappa shape index (κ3) is 5.53. The van der Waals surface area contributed by atoms with E-state index in [1.165, 1.54) is 12.1 Å². The third-order valence-corrected chi connectivity index (χ3v) is 4.48. The number of carbonyl (C=O) groups excluding carboxylic acids is 1. The largest absolute Gasteiger partial charge is 0.480 e. The van der Waals surface area contributed by atoms with Gasteiger partial charge in [0.2, 0.25) is 15.7 Å². The number of alkyl halides is 2. The maximum atomic E-state index is 12.4. The molecule has 24 heavy (non-hydrogen) atoms. The maximum absolute atomic E-state index is 12.4. The summed E-state index contributed by atoms with van der Waals surface area (Å²) in [5.41, 5.74) is 0.206. The van der Waals surface area contributed by atoms with Crippen molar-refractivity contribution in [3.8, 4) is 0 Å². The molecule has 7 nitrogen and oxygen atoms in total. The standard InChI is InChI=1S/C14H18F2N2O5S/c1-2-3-11(13(20)21)17-8-12(19)18-9-4-6-10(7-5-9)24(22,23)14(15)16/h4-7,11,14,17H,2-3,8H2,1H3,(H,18,19)(H,20,21). The fraction of sp³-hybridized carbons (Fsp3) is 0.429. The Balaban J connectivity index is 2.64. The first-order valence-corrected chi connectivity index (χ1v) is 8.61. The summed E-state index contributed by atoms with van der Waals surface area (Å²) in [4.78, 5) is 22.1. The number of amides is 1. The number of halogens is 2. The molecule has 1 unspecified atom stereocenters. The molecule has 3 N–H and O–H groups in total. The van der Waals surface area contributed by atoms with Crippen molar-refractivity contribution < 1.29 is 31.9 Å². The van der Waals surface area contributed by atoms with Crippen LogP contribution in [0.3, 0.4) is 0 Å². The number of anilines is 1. The molecule has 0 aromatic heterocycles. The number of carboxylic acid groups (broad SMARTS) is 1. The summed E-state index contributed by atoms with van der Waals surface area (Å²) in [7, 11) is -4.68. The van der Waals surface area contributed by atoms with E-state index >= 15 is 0 Å². The van der Waals surface area contributed by atoms with Gasteiger partial charge in [0.05, 0.1) is 11.4 Å². The molecule has 134 valence electrons. The molecule has 0 saturated carbocycles. The summed E-state index contributed by atoms with van der Waals surface area (Å²) in [5, 5.41) is 13.9. The van der Waals surface area contributed by atoms with Crippen LogP contribution in [0.1, 0.15) is 19.8 Å². The van der Waals surface area contributed by atoms with Crippen LogP contribution >= 0.6 is 0 Å². The predicted molar refractivity (Wildman–Crippen MR) is 82.6 cm³/mol. The second-order valence-electron chi connectivity index (χ2n) is 4.94. The fourth-order valence-corrected chi connectivity index (χ4v) is 2.57. The molecule has 0 heterocycles. The number of carboxylic acids is 1. The lowest BCUT2D eigenvalue weighted by Gasteiger charge is -2.13. The molecule has 0 radical (unpaired) electrons. The Labute approximate surface area is 138 Å². The van der Waals surface area contributed by atoms with Crippen LogP contribution in [0, 0.1) is 0 Å². The SMILES string of the molecule is CCCC(NCC(=O)Nc1ccc(S(=O)(=O)C(F)F)cc1)C(=O)O. The van der Waals surface area contributed by atoms with E-state index in [0.717, 1.165) is 12.1 Å². The molecular formula is C14H18F2N2O5S. The molecular weight excluding hydrogens is 346 g/mol. The first-order valence-electron chi connectivity index (χ1n) is 7.06. The summed E-state index contributed by atoms with van der Waals surface area (Å²) >= 11 is 0. The minimum atomic E-state index is -4.68. The molecule has 10 heteroatoms. The zero-order valence-corrected chi connectivity index (χ0v) is 13.6. The number of hydrogen-bond donors (Lipinski definition) is 3. The van der Waals surface area contributed by atoms with Crippen LogP contribution in [0.25, 0.3) is 0 Å². The van der Waals surface area contributed by atoms with E-state index in [2.05, 4.69) is 10.6 Å². The molecule has 0 spiro atoms. The topological polar surface area (TPSA) is 113 Å². The lowest BCUT2D eigenvalue weighted by Crippen LogP contribution is -2.41. The van der Waals surface area contributed by atoms with Crippen molar-refractivity contribution in [2.75, 3.05) is 11.9 Å². The first kappa shape index (κ1) is 20.0. The van der Waals surface area contributed by atoms with Gasteiger partial charge in [-0.1, -0.05) is 13.3 Å². The van der Waals surface area contributed by atoms with Gasteiger partial charge in [-0.2, -0.15) is 8.78 Å². The van der Waals surface area contributed by atoms with Gasteiger partial charge in [-0.05, 0) is 30.7 Å². The van der Waals surface area contributed by atoms with Gasteiger partial charge in [-0.3, -0.25) is 14.9 Å². The van der Waals surface area contributed by atoms with Gasteiger partial charge in [0.15, 0.2) is 0 Å². The lowest BCUT2D eigenvalue weighted by atomic mass is 10.2. The normalized spacial score (nSPS) is 12.8. The second kappa shape index (κ2) is 8.69. The molecule has 0 aliphatic carbocycles. The fourth-order valence-electron chi connectivity index (χ4n) is 1.85. The van der Waals surface area contributed by atoms with E-state index < -0.39 is 38.4 Å². The molecule has 1 aromatic carbocycles. The van der Waals surface area contributed by atoms with Crippen molar-refractivity contribution in [2.24, 2.45) is 0 Å². The van der Waals surface area contributed by atoms with Crippen molar-refractivity contribution in [1.82, 2.24) is 5.32 Å². The second-order valence-corrected chi connectivity index (χ2v) is 6.86. The number of hydrogen-bond acceptors (Lipinski definition) is 5. The first-order chi connectivity index (χ1) is 11.2. The number of nitrogens with one attached hydrogen (secondary N) is 2. The van der Waals surface area contributed by atoms with Crippen LogP contribution in [0.4, 0.5) is 14.5 Å². The zero-order chi connectivity index (χ0) is 18.3. The predicted octanol–water partition coefficient (Wildman–Crippen LogP) is 1.46. The number of rotatable bonds is 9. The molecule has 0 fully saturated rings. The zero-order valence-electron chi connectivity index (χ0n) is 12.8. The Morgan fingerprint density at radius 2 is 1.79 bits per heavy atom. The molecule has 1 aromatic rings. The van der Waals surface area contributed by atoms with Crippen molar-refractivity contribution >= 4 is 27.4 Å². The van der Waals surface area contributed by atoms with E-state index in [0.29, 0.717) is 12.8 Å². The third-order valence-electron chi connectivity index (χ3n) is 3.09. The van der Waals surface area contributed by atoms with Crippen LogP contribution in [0.5, 0.6) is 0 Å². The van der Waals surface area contributed by atoms with Crippen LogP contribution in [0.15, 0.2) is 29.2 Å². The van der Waals surface area contributed by atoms with Gasteiger partial charge in [0.1, 0.15) is 6.04 Å². The number of aliphatic carboxylic acids is 1. The van der Waals surface area contributed by atoms with Crippen molar-refractivity contribution in [3.63, 3.8) is 0 Å². The molecule has 1 amide bonds. The van der Waals surface area contributed by atoms with Crippen LogP contribution in [-0.2, 0) is 19.4 Å². The minimum absolute atomic E-state index is 0.206. The Bertz CT molecular complexity index is 677. The van der Waals surface area contributed by atoms with Gasteiger partial charge < -0.3 is 10.4 Å². The van der Waals surface area contributed by atoms with E-state index in [9.17, 15) is 26.8 Å². The number of carbonyl (C=O) groups is 2. The van der Waals surface area contributed by atoms with E-state index in [1.807, 2.05) is 6.92 Å². The smallest absolute Gasteiger partial charge is 0.341 e. The van der Waals surface area contributed by atoms with Crippen molar-refractivity contribution in [1.29, 1.82) is 0 Å². The van der Waals surface area contributed by atoms with Gasteiger partial charge in [0.25, 0.3) is 0 Å². The molecule has 0 saturated heterocycles. The summed E-state index contributed by atoms with van der Waals surface area (Å²) in [6, 6.07) is 3.42. The molecule has 1 rings (SSSR count). The molecule has 1 atom stereocenters. The monoisotopic (exact) mass is 364 g/mol. The Morgan fingerprint density at radius 1 is 1.21 bits per heavy atom. The van der Waals surface area contributed by atoms with Crippen LogP contribution < -0.4 is 10.6 Å². The average molecular weight is 364 g/mol. The average Bonchev–Trinajstić information content (AvgIpc) is 2.51. The van der Waals surface area contributed by atoms with Crippen molar-refractivity contribution in [2.45, 2.75) is 36.5 Å². The van der Waals surface area contributed by atoms with E-state index in [-0.39, 0.29) is 12.2 Å². The van der Waals surface area contributed by atoms with Crippen molar-refractivity contribution in [3.05, 3.63) is 24.3 Å². The summed E-state index contributed by atoms with van der Waals surface area (Å²) < 4.78 is 47.3. The van der Waals surface area contributed by atoms with E-state index in [1.54, 1.807) is 0 Å². The summed E-state index contributed by atoms with van der Waals surface area (Å²) in [6.07, 6.45) is 0.995. The minimum Gasteiger partial charge on any atom is -0.480 e.